The Hall–Kier alpha value is -2.65. The zero-order valence-corrected chi connectivity index (χ0v) is 15.5. The van der Waals surface area contributed by atoms with E-state index in [1.54, 1.807) is 0 Å². The van der Waals surface area contributed by atoms with Crippen molar-refractivity contribution in [2.75, 3.05) is 0 Å². The standard InChI is InChI=1S/C18H21F3N4O3/c1-10-3-5-11(6-4-10)22-14(26)9-25-16(27)12-7-8-13(18(19,20)21)23-15(12)24(2)17(25)28/h7-8,10-11H,3-6,9H2,1-2H3,(H,22,26). The molecular weight excluding hydrogens is 377 g/mol. The van der Waals surface area contributed by atoms with E-state index in [9.17, 15) is 27.6 Å². The van der Waals surface area contributed by atoms with Gasteiger partial charge >= 0.3 is 11.9 Å². The molecule has 10 heteroatoms. The highest BCUT2D eigenvalue weighted by atomic mass is 19.4. The Kier molecular flexibility index (Phi) is 5.31. The minimum absolute atomic E-state index is 0.000258. The zero-order chi connectivity index (χ0) is 20.6. The van der Waals surface area contributed by atoms with Gasteiger partial charge in [0.25, 0.3) is 5.56 Å². The van der Waals surface area contributed by atoms with Gasteiger partial charge in [-0.3, -0.25) is 18.7 Å². The van der Waals surface area contributed by atoms with Crippen LogP contribution in [-0.2, 0) is 24.6 Å². The quantitative estimate of drug-likeness (QED) is 0.855. The van der Waals surface area contributed by atoms with Crippen molar-refractivity contribution in [2.45, 2.75) is 51.4 Å². The van der Waals surface area contributed by atoms with E-state index in [1.807, 2.05) is 0 Å². The first-order chi connectivity index (χ1) is 13.1. The van der Waals surface area contributed by atoms with E-state index in [1.165, 1.54) is 7.05 Å². The van der Waals surface area contributed by atoms with Gasteiger partial charge in [0.15, 0.2) is 0 Å². The summed E-state index contributed by atoms with van der Waals surface area (Å²) in [6, 6.07) is 1.66. The summed E-state index contributed by atoms with van der Waals surface area (Å²) in [5.41, 5.74) is -3.30. The lowest BCUT2D eigenvalue weighted by Crippen LogP contribution is -2.46. The van der Waals surface area contributed by atoms with Gasteiger partial charge in [-0.1, -0.05) is 6.92 Å². The Morgan fingerprint density at radius 3 is 2.46 bits per heavy atom. The predicted molar refractivity (Wildman–Crippen MR) is 95.8 cm³/mol. The van der Waals surface area contributed by atoms with Crippen LogP contribution in [-0.4, -0.2) is 26.1 Å². The van der Waals surface area contributed by atoms with Gasteiger partial charge in [-0.2, -0.15) is 13.2 Å². The molecule has 152 valence electrons. The molecule has 1 N–H and O–H groups in total. The van der Waals surface area contributed by atoms with Gasteiger partial charge in [0.05, 0.1) is 5.39 Å². The number of aryl methyl sites for hydroxylation is 1. The molecule has 3 rings (SSSR count). The molecule has 7 nitrogen and oxygen atoms in total. The minimum atomic E-state index is -4.70. The number of hydrogen-bond donors (Lipinski definition) is 1. The number of nitrogens with zero attached hydrogens (tertiary/aromatic N) is 3. The fourth-order valence-corrected chi connectivity index (χ4v) is 3.49. The van der Waals surface area contributed by atoms with E-state index in [-0.39, 0.29) is 17.1 Å². The van der Waals surface area contributed by atoms with E-state index in [4.69, 9.17) is 0 Å². The van der Waals surface area contributed by atoms with Crippen molar-refractivity contribution in [3.8, 4) is 0 Å². The van der Waals surface area contributed by atoms with Crippen LogP contribution in [0.15, 0.2) is 21.7 Å². The Morgan fingerprint density at radius 2 is 1.86 bits per heavy atom. The number of carbonyl (C=O) groups excluding carboxylic acids is 1. The van der Waals surface area contributed by atoms with Crippen LogP contribution in [0.4, 0.5) is 13.2 Å². The Balaban J connectivity index is 1.91. The molecule has 0 aromatic carbocycles. The number of halogens is 3. The largest absolute Gasteiger partial charge is 0.433 e. The molecule has 28 heavy (non-hydrogen) atoms. The van der Waals surface area contributed by atoms with Crippen LogP contribution >= 0.6 is 0 Å². The van der Waals surface area contributed by atoms with Crippen LogP contribution in [0.2, 0.25) is 0 Å². The van der Waals surface area contributed by atoms with Crippen LogP contribution in [0.1, 0.15) is 38.3 Å². The van der Waals surface area contributed by atoms with Crippen LogP contribution in [0.5, 0.6) is 0 Å². The molecule has 0 saturated heterocycles. The van der Waals surface area contributed by atoms with Crippen molar-refractivity contribution in [1.82, 2.24) is 19.4 Å². The Bertz CT molecular complexity index is 1020. The maximum Gasteiger partial charge on any atom is 0.433 e. The molecule has 0 spiro atoms. The molecule has 1 aliphatic carbocycles. The van der Waals surface area contributed by atoms with Gasteiger partial charge < -0.3 is 5.32 Å². The fourth-order valence-electron chi connectivity index (χ4n) is 3.49. The summed E-state index contributed by atoms with van der Waals surface area (Å²) in [5.74, 6) is 0.135. The maximum atomic E-state index is 12.9. The summed E-state index contributed by atoms with van der Waals surface area (Å²) in [7, 11) is 1.22. The number of rotatable bonds is 3. The third-order valence-electron chi connectivity index (χ3n) is 5.16. The molecule has 0 bridgehead atoms. The van der Waals surface area contributed by atoms with Gasteiger partial charge in [0, 0.05) is 13.1 Å². The first-order valence-electron chi connectivity index (χ1n) is 9.05. The van der Waals surface area contributed by atoms with E-state index in [0.29, 0.717) is 12.0 Å². The number of pyridine rings is 1. The van der Waals surface area contributed by atoms with Gasteiger partial charge in [-0.05, 0) is 43.7 Å². The molecule has 1 saturated carbocycles. The topological polar surface area (TPSA) is 86.0 Å². The average molecular weight is 398 g/mol. The third-order valence-corrected chi connectivity index (χ3v) is 5.16. The van der Waals surface area contributed by atoms with E-state index >= 15 is 0 Å². The van der Waals surface area contributed by atoms with Gasteiger partial charge in [-0.15, -0.1) is 0 Å². The van der Waals surface area contributed by atoms with Crippen molar-refractivity contribution >= 4 is 16.9 Å². The highest BCUT2D eigenvalue weighted by molar-refractivity contribution is 5.77. The molecule has 1 fully saturated rings. The lowest BCUT2D eigenvalue weighted by molar-refractivity contribution is -0.141. The highest BCUT2D eigenvalue weighted by Gasteiger charge is 2.33. The van der Waals surface area contributed by atoms with Gasteiger partial charge in [0.2, 0.25) is 5.91 Å². The summed E-state index contributed by atoms with van der Waals surface area (Å²) in [5, 5.41) is 2.67. The van der Waals surface area contributed by atoms with Crippen molar-refractivity contribution in [2.24, 2.45) is 13.0 Å². The van der Waals surface area contributed by atoms with Gasteiger partial charge in [0.1, 0.15) is 17.9 Å². The number of amides is 1. The molecule has 1 amide bonds. The predicted octanol–water partition coefficient (Wildman–Crippen LogP) is 1.81. The smallest absolute Gasteiger partial charge is 0.352 e. The van der Waals surface area contributed by atoms with Crippen molar-refractivity contribution in [1.29, 1.82) is 0 Å². The lowest BCUT2D eigenvalue weighted by Gasteiger charge is -2.27. The molecule has 0 aliphatic heterocycles. The van der Waals surface area contributed by atoms with Crippen LogP contribution < -0.4 is 16.6 Å². The number of hydrogen-bond acceptors (Lipinski definition) is 4. The molecule has 0 atom stereocenters. The molecule has 2 heterocycles. The zero-order valence-electron chi connectivity index (χ0n) is 15.5. The number of nitrogens with one attached hydrogen (secondary N) is 1. The second kappa shape index (κ2) is 7.40. The van der Waals surface area contributed by atoms with Crippen molar-refractivity contribution < 1.29 is 18.0 Å². The van der Waals surface area contributed by atoms with Crippen molar-refractivity contribution in [3.63, 3.8) is 0 Å². The number of carbonyl (C=O) groups is 1. The minimum Gasteiger partial charge on any atom is -0.352 e. The maximum absolute atomic E-state index is 12.9. The number of fused-ring (bicyclic) bond motifs is 1. The lowest BCUT2D eigenvalue weighted by atomic mass is 9.87. The van der Waals surface area contributed by atoms with E-state index in [0.717, 1.165) is 40.9 Å². The van der Waals surface area contributed by atoms with Crippen LogP contribution in [0.25, 0.3) is 11.0 Å². The number of aromatic nitrogens is 3. The highest BCUT2D eigenvalue weighted by Crippen LogP contribution is 2.28. The summed E-state index contributed by atoms with van der Waals surface area (Å²) in [6.07, 6.45) is -1.04. The fraction of sp³-hybridized carbons (Fsp3) is 0.556. The average Bonchev–Trinajstić information content (AvgIpc) is 2.64. The van der Waals surface area contributed by atoms with E-state index in [2.05, 4.69) is 17.2 Å². The SMILES string of the molecule is CC1CCC(NC(=O)Cn2c(=O)c3ccc(C(F)(F)F)nc3n(C)c2=O)CC1. The first-order valence-corrected chi connectivity index (χ1v) is 9.05. The molecular formula is C18H21F3N4O3. The summed E-state index contributed by atoms with van der Waals surface area (Å²) in [4.78, 5) is 40.8. The normalized spacial score (nSPS) is 20.3. The van der Waals surface area contributed by atoms with Crippen LogP contribution in [0, 0.1) is 5.92 Å². The van der Waals surface area contributed by atoms with Crippen LogP contribution in [0.3, 0.4) is 0 Å². The Morgan fingerprint density at radius 1 is 1.21 bits per heavy atom. The third kappa shape index (κ3) is 3.95. The molecule has 1 aliphatic rings. The van der Waals surface area contributed by atoms with Crippen molar-refractivity contribution in [3.05, 3.63) is 38.7 Å². The Labute approximate surface area is 158 Å². The molecule has 0 unspecified atom stereocenters. The molecule has 0 radical (unpaired) electrons. The second-order valence-corrected chi connectivity index (χ2v) is 7.32. The molecule has 2 aromatic rings. The first kappa shape index (κ1) is 20.1. The summed E-state index contributed by atoms with van der Waals surface area (Å²) in [6.45, 7) is 1.66. The second-order valence-electron chi connectivity index (χ2n) is 7.32. The van der Waals surface area contributed by atoms with E-state index < -0.39 is 35.6 Å². The van der Waals surface area contributed by atoms with Gasteiger partial charge in [-0.25, -0.2) is 9.78 Å². The number of alkyl halides is 3. The monoisotopic (exact) mass is 398 g/mol. The summed E-state index contributed by atoms with van der Waals surface area (Å²) >= 11 is 0. The summed E-state index contributed by atoms with van der Waals surface area (Å²) < 4.78 is 40.2. The molecule has 2 aromatic heterocycles.